The van der Waals surface area contributed by atoms with E-state index in [-0.39, 0.29) is 92.0 Å². The fraction of sp³-hybridized carbons (Fsp3) is 0.594. The van der Waals surface area contributed by atoms with Crippen LogP contribution in [0.2, 0.25) is 15.1 Å². The first-order chi connectivity index (χ1) is 46.2. The predicted octanol–water partition coefficient (Wildman–Crippen LogP) is 9.10. The number of carbonyl (C=O) groups is 7. The number of hydrogen-bond acceptors (Lipinski definition) is 18. The van der Waals surface area contributed by atoms with Crippen molar-refractivity contribution < 1.29 is 83.8 Å². The van der Waals surface area contributed by atoms with Crippen molar-refractivity contribution in [2.75, 3.05) is 30.7 Å². The second-order valence-corrected chi connectivity index (χ2v) is 32.4. The molecular formula is C69H90Cl3N6O17S3-. The number of fused-ring (bicyclic) bond motifs is 4. The van der Waals surface area contributed by atoms with Crippen molar-refractivity contribution >= 4 is 120 Å². The zero-order chi connectivity index (χ0) is 71.4. The number of benzene rings is 3. The fourth-order valence-corrected chi connectivity index (χ4v) is 17.5. The number of esters is 2. The third-order valence-electron chi connectivity index (χ3n) is 18.4. The molecular weight excluding hydrogens is 1390 g/mol. The monoisotopic (exact) mass is 1480 g/mol. The molecule has 8 rings (SSSR count). The molecule has 3 heterocycles. The smallest absolute Gasteiger partial charge is 0.337 e. The van der Waals surface area contributed by atoms with Gasteiger partial charge in [-0.2, -0.15) is 0 Å². The summed E-state index contributed by atoms with van der Waals surface area (Å²) in [5, 5.41) is 23.7. The summed E-state index contributed by atoms with van der Waals surface area (Å²) in [4.78, 5) is 92.0. The largest absolute Gasteiger partial charge is 0.744 e. The van der Waals surface area contributed by atoms with Gasteiger partial charge in [0, 0.05) is 89.0 Å². The summed E-state index contributed by atoms with van der Waals surface area (Å²) in [5.41, 5.74) is -2.51. The first kappa shape index (κ1) is 77.7. The van der Waals surface area contributed by atoms with E-state index >= 15 is 0 Å². The SMILES string of the molecule is CC1CC(C)(C)Nc2c1cc1c(c2S(=O)(=O)[O-])Oc2c(S(=O)(=O)[O-])c3c(cc2=C1c1c(Cl)c(SCC(=O)NCCCCCC(=O)NCCCCCCCCNC(=O)/C=C/C(=O)N[C@@H](CCC(=O)OC2CCCCC2)C(=O)OC2CCCCC2)c(Cl)c(Cl)c1C(=O)O)C(C)CC(C)(C)[NH+]=3. The number of ether oxygens (including phenoxy) is 3. The van der Waals surface area contributed by atoms with Crippen LogP contribution in [0.1, 0.15) is 240 Å². The molecule has 3 aromatic rings. The van der Waals surface area contributed by atoms with Crippen molar-refractivity contribution in [3.8, 4) is 11.5 Å². The van der Waals surface area contributed by atoms with Crippen molar-refractivity contribution in [3.63, 3.8) is 0 Å². The molecule has 2 aliphatic carbocycles. The molecule has 29 heteroatoms. The molecule has 2 saturated carbocycles. The molecule has 0 bridgehead atoms. The standard InChI is InChI=1S/C69H91Cl3N6O17S3/c1-39-36-68(3,4)77-59-43(39)34-45-53(46-35-44-40(2)37-69(5,6)78-60(44)65(98(90,91)92)62(46)95-61(45)64(59)97(87,88)89)54-55(66(84)85)56(70)58(72)63(57(54)71)96-38-51(82)75-33-21-13-18-26-48(79)73-31-19-9-7-8-10-20-32-74-49(80)28-29-50(81)76-47(67(86)94-42-24-16-12-17-25-42)27-30-52(83)93-41-22-14-11-15-23-41/h28-29,34-35,39-42,47,77H,7-27,30-33,36-38H2,1-6H3,(H,73,79)(H,74,80)(H,75,82)(H,76,81)(H,84,85)(H,87,88,89)(H,90,91,92)/p-1/b29-28+/t39?,40?,47-/m0/s1. The molecule has 2 fully saturated rings. The topological polar surface area (TPSA) is 356 Å². The minimum Gasteiger partial charge on any atom is -0.744 e. The number of nitrogens with one attached hydrogen (secondary N) is 6. The number of aromatic carboxylic acids is 1. The Balaban J connectivity index is 0.799. The Morgan fingerprint density at radius 3 is 1.87 bits per heavy atom. The van der Waals surface area contributed by atoms with Crippen LogP contribution < -0.4 is 46.9 Å². The van der Waals surface area contributed by atoms with Gasteiger partial charge < -0.3 is 55.0 Å². The summed E-state index contributed by atoms with van der Waals surface area (Å²) < 4.78 is 99.7. The van der Waals surface area contributed by atoms with Gasteiger partial charge in [0.05, 0.1) is 32.1 Å². The highest BCUT2D eigenvalue weighted by molar-refractivity contribution is 8.00. The van der Waals surface area contributed by atoms with Crippen LogP contribution in [-0.2, 0) is 58.5 Å². The molecule has 538 valence electrons. The highest BCUT2D eigenvalue weighted by Crippen LogP contribution is 2.54. The minimum absolute atomic E-state index is 0.0194. The summed E-state index contributed by atoms with van der Waals surface area (Å²) in [6.07, 6.45) is 19.0. The van der Waals surface area contributed by atoms with Crippen molar-refractivity contribution in [2.45, 2.75) is 251 Å². The fourth-order valence-electron chi connectivity index (χ4n) is 13.9. The maximum atomic E-state index is 13.7. The number of halogens is 3. The van der Waals surface area contributed by atoms with Crippen LogP contribution in [0.5, 0.6) is 11.5 Å². The van der Waals surface area contributed by atoms with Crippen molar-refractivity contribution in [1.29, 1.82) is 0 Å². The molecule has 0 radical (unpaired) electrons. The number of anilines is 1. The average Bonchev–Trinajstić information content (AvgIpc) is 0.711. The molecule has 0 saturated heterocycles. The Hall–Kier alpha value is -6.00. The molecule has 5 aliphatic rings. The number of carbonyl (C=O) groups excluding carboxylic acids is 6. The number of hydrogen-bond donors (Lipinski definition) is 7. The molecule has 23 nitrogen and oxygen atoms in total. The van der Waals surface area contributed by atoms with Crippen LogP contribution in [-0.4, -0.2) is 127 Å². The Morgan fingerprint density at radius 2 is 1.26 bits per heavy atom. The lowest BCUT2D eigenvalue weighted by molar-refractivity contribution is -0.590. The Morgan fingerprint density at radius 1 is 0.694 bits per heavy atom. The lowest BCUT2D eigenvalue weighted by Gasteiger charge is -2.40. The third kappa shape index (κ3) is 20.4. The summed E-state index contributed by atoms with van der Waals surface area (Å²) in [6, 6.07) is 1.97. The molecule has 7 N–H and O–H groups in total. The quantitative estimate of drug-likeness (QED) is 0.00616. The van der Waals surface area contributed by atoms with Crippen molar-refractivity contribution in [2.24, 2.45) is 0 Å². The Bertz CT molecular complexity index is 3950. The average molecular weight is 1480 g/mol. The first-order valence-electron chi connectivity index (χ1n) is 34.0. The molecule has 3 aromatic carbocycles. The lowest BCUT2D eigenvalue weighted by atomic mass is 9.79. The van der Waals surface area contributed by atoms with E-state index in [0.29, 0.717) is 56.3 Å². The van der Waals surface area contributed by atoms with E-state index in [0.717, 1.165) is 127 Å². The highest BCUT2D eigenvalue weighted by atomic mass is 35.5. The second kappa shape index (κ2) is 34.1. The summed E-state index contributed by atoms with van der Waals surface area (Å²) in [5.74, 6) is -6.92. The molecule has 4 amide bonds. The minimum atomic E-state index is -5.56. The number of amides is 4. The zero-order valence-electron chi connectivity index (χ0n) is 56.3. The Kier molecular flexibility index (Phi) is 27.1. The zero-order valence-corrected chi connectivity index (χ0v) is 61.1. The van der Waals surface area contributed by atoms with Crippen LogP contribution in [0.15, 0.2) is 39.0 Å². The van der Waals surface area contributed by atoms with Crippen molar-refractivity contribution in [1.82, 2.24) is 21.3 Å². The van der Waals surface area contributed by atoms with Gasteiger partial charge in [0.1, 0.15) is 43.4 Å². The van der Waals surface area contributed by atoms with Crippen LogP contribution in [0.25, 0.3) is 5.57 Å². The number of unbranched alkanes of at least 4 members (excludes halogenated alkanes) is 7. The number of carboxylic acid groups (broad SMARTS) is 1. The van der Waals surface area contributed by atoms with E-state index in [4.69, 9.17) is 49.0 Å². The Labute approximate surface area is 592 Å². The number of carboxylic acids is 1. The first-order valence-corrected chi connectivity index (χ1v) is 38.9. The van der Waals surface area contributed by atoms with E-state index in [1.807, 2.05) is 13.8 Å². The maximum Gasteiger partial charge on any atom is 0.337 e. The number of thioether (sulfide) groups is 1. The van der Waals surface area contributed by atoms with E-state index in [9.17, 15) is 64.6 Å². The molecule has 3 aliphatic heterocycles. The summed E-state index contributed by atoms with van der Waals surface area (Å²) in [7, 11) is -11.1. The molecule has 0 aromatic heterocycles. The maximum absolute atomic E-state index is 13.7. The molecule has 98 heavy (non-hydrogen) atoms. The van der Waals surface area contributed by atoms with Gasteiger partial charge in [-0.1, -0.05) is 93.6 Å². The second-order valence-electron chi connectivity index (χ2n) is 27.6. The van der Waals surface area contributed by atoms with Gasteiger partial charge in [0.2, 0.25) is 29.0 Å². The summed E-state index contributed by atoms with van der Waals surface area (Å²) in [6.45, 7) is 12.0. The predicted molar refractivity (Wildman–Crippen MR) is 368 cm³/mol. The molecule has 2 unspecified atom stereocenters. The van der Waals surface area contributed by atoms with E-state index < -0.39 is 122 Å². The lowest BCUT2D eigenvalue weighted by Crippen LogP contribution is -2.91. The van der Waals surface area contributed by atoms with E-state index in [1.54, 1.807) is 27.7 Å². The van der Waals surface area contributed by atoms with Gasteiger partial charge in [0.25, 0.3) is 0 Å². The molecule has 3 atom stereocenters. The highest BCUT2D eigenvalue weighted by Gasteiger charge is 2.43. The van der Waals surface area contributed by atoms with Gasteiger partial charge in [-0.25, -0.2) is 31.4 Å². The van der Waals surface area contributed by atoms with Crippen LogP contribution in [0.3, 0.4) is 0 Å². The van der Waals surface area contributed by atoms with Crippen LogP contribution in [0.4, 0.5) is 5.69 Å². The van der Waals surface area contributed by atoms with Crippen LogP contribution >= 0.6 is 46.6 Å². The van der Waals surface area contributed by atoms with Gasteiger partial charge in [-0.15, -0.1) is 11.8 Å². The molecule has 0 spiro atoms. The summed E-state index contributed by atoms with van der Waals surface area (Å²) >= 11 is 21.9. The van der Waals surface area contributed by atoms with Gasteiger partial charge in [-0.05, 0) is 147 Å². The van der Waals surface area contributed by atoms with E-state index in [2.05, 4.69) is 31.6 Å². The van der Waals surface area contributed by atoms with Crippen molar-refractivity contribution in [3.05, 3.63) is 77.7 Å². The normalized spacial score (nSPS) is 18.5. The van der Waals surface area contributed by atoms with Crippen LogP contribution in [0, 0.1) is 0 Å². The van der Waals surface area contributed by atoms with Gasteiger partial charge >= 0.3 is 17.9 Å². The van der Waals surface area contributed by atoms with Gasteiger partial charge in [-0.3, -0.25) is 24.0 Å². The third-order valence-corrected chi connectivity index (χ3v) is 22.8. The number of rotatable bonds is 31. The van der Waals surface area contributed by atoms with Gasteiger partial charge in [0.15, 0.2) is 21.9 Å². The van der Waals surface area contributed by atoms with E-state index in [1.165, 1.54) is 12.1 Å².